The van der Waals surface area contributed by atoms with Gasteiger partial charge in [0.1, 0.15) is 0 Å². The van der Waals surface area contributed by atoms with Crippen LogP contribution in [0.4, 0.5) is 0 Å². The zero-order valence-corrected chi connectivity index (χ0v) is 12.5. The number of aryl methyl sites for hydroxylation is 1. The second-order valence-electron chi connectivity index (χ2n) is 5.84. The average molecular weight is 280 g/mol. The first kappa shape index (κ1) is 13.9. The summed E-state index contributed by atoms with van der Waals surface area (Å²) in [6.45, 7) is 4.17. The smallest absolute Gasteiger partial charge is 0.310 e. The summed E-state index contributed by atoms with van der Waals surface area (Å²) >= 11 is 0. The van der Waals surface area contributed by atoms with Gasteiger partial charge in [-0.3, -0.25) is 4.79 Å². The first-order chi connectivity index (χ1) is 10.1. The molecule has 0 fully saturated rings. The highest BCUT2D eigenvalue weighted by atomic mass is 16.4. The quantitative estimate of drug-likeness (QED) is 0.762. The summed E-state index contributed by atoms with van der Waals surface area (Å²) in [6, 6.07) is 12.5. The van der Waals surface area contributed by atoms with Crippen LogP contribution in [-0.2, 0) is 11.2 Å². The highest BCUT2D eigenvalue weighted by Gasteiger charge is 2.28. The second kappa shape index (κ2) is 5.36. The van der Waals surface area contributed by atoms with Gasteiger partial charge < -0.3 is 5.11 Å². The molecule has 2 aromatic carbocycles. The summed E-state index contributed by atoms with van der Waals surface area (Å²) in [5.41, 5.74) is 7.32. The Labute approximate surface area is 125 Å². The van der Waals surface area contributed by atoms with Crippen molar-refractivity contribution in [2.45, 2.75) is 39.0 Å². The molecule has 3 rings (SSSR count). The normalized spacial score (nSPS) is 13.6. The van der Waals surface area contributed by atoms with Gasteiger partial charge in [0.25, 0.3) is 0 Å². The molecule has 21 heavy (non-hydrogen) atoms. The molecule has 0 saturated heterocycles. The van der Waals surface area contributed by atoms with E-state index < -0.39 is 5.97 Å². The molecule has 0 aliphatic heterocycles. The van der Waals surface area contributed by atoms with Gasteiger partial charge in [0.05, 0.1) is 5.92 Å². The Morgan fingerprint density at radius 1 is 1.24 bits per heavy atom. The number of fused-ring (bicyclic) bond motifs is 3. The van der Waals surface area contributed by atoms with Crippen LogP contribution >= 0.6 is 0 Å². The van der Waals surface area contributed by atoms with E-state index >= 15 is 0 Å². The van der Waals surface area contributed by atoms with Gasteiger partial charge in [-0.2, -0.15) is 0 Å². The number of hydrogen-bond acceptors (Lipinski definition) is 1. The highest BCUT2D eigenvalue weighted by Crippen LogP contribution is 2.42. The lowest BCUT2D eigenvalue weighted by atomic mass is 9.88. The van der Waals surface area contributed by atoms with E-state index in [2.05, 4.69) is 31.2 Å². The maximum atomic E-state index is 11.6. The molecule has 0 amide bonds. The fourth-order valence-corrected chi connectivity index (χ4v) is 3.52. The maximum Gasteiger partial charge on any atom is 0.310 e. The van der Waals surface area contributed by atoms with Crippen LogP contribution in [0.2, 0.25) is 0 Å². The molecule has 1 aliphatic carbocycles. The molecule has 108 valence electrons. The molecule has 2 nitrogen and oxygen atoms in total. The van der Waals surface area contributed by atoms with E-state index in [4.69, 9.17) is 0 Å². The van der Waals surface area contributed by atoms with Gasteiger partial charge in [-0.25, -0.2) is 0 Å². The van der Waals surface area contributed by atoms with Crippen molar-refractivity contribution in [2.24, 2.45) is 0 Å². The van der Waals surface area contributed by atoms with Gasteiger partial charge in [0, 0.05) is 0 Å². The number of carboxylic acid groups (broad SMARTS) is 1. The average Bonchev–Trinajstić information content (AvgIpc) is 2.84. The summed E-state index contributed by atoms with van der Waals surface area (Å²) in [5.74, 6) is -1.10. The van der Waals surface area contributed by atoms with Gasteiger partial charge >= 0.3 is 5.97 Å². The van der Waals surface area contributed by atoms with Gasteiger partial charge in [-0.05, 0) is 53.1 Å². The zero-order valence-electron chi connectivity index (χ0n) is 12.5. The van der Waals surface area contributed by atoms with E-state index in [1.165, 1.54) is 27.8 Å². The van der Waals surface area contributed by atoms with Crippen molar-refractivity contribution >= 4 is 5.97 Å². The van der Waals surface area contributed by atoms with Crippen molar-refractivity contribution in [2.75, 3.05) is 0 Å². The molecule has 0 saturated carbocycles. The van der Waals surface area contributed by atoms with Crippen LogP contribution in [-0.4, -0.2) is 11.1 Å². The van der Waals surface area contributed by atoms with E-state index in [9.17, 15) is 9.90 Å². The number of rotatable bonds is 4. The molecule has 0 bridgehead atoms. The lowest BCUT2D eigenvalue weighted by molar-refractivity contribution is -0.139. The predicted molar refractivity (Wildman–Crippen MR) is 84.7 cm³/mol. The van der Waals surface area contributed by atoms with Crippen molar-refractivity contribution in [3.05, 3.63) is 58.7 Å². The molecule has 1 N–H and O–H groups in total. The molecule has 0 radical (unpaired) electrons. The molecule has 1 unspecified atom stereocenters. The molecule has 0 spiro atoms. The van der Waals surface area contributed by atoms with E-state index in [0.29, 0.717) is 6.42 Å². The molecule has 0 heterocycles. The van der Waals surface area contributed by atoms with Crippen molar-refractivity contribution in [3.8, 4) is 11.1 Å². The summed E-state index contributed by atoms with van der Waals surface area (Å²) in [7, 11) is 0. The molecule has 1 atom stereocenters. The Bertz CT molecular complexity index is 701. The van der Waals surface area contributed by atoms with Crippen molar-refractivity contribution in [1.82, 2.24) is 0 Å². The summed E-state index contributed by atoms with van der Waals surface area (Å²) in [6.07, 6.45) is 2.43. The third-order valence-corrected chi connectivity index (χ3v) is 4.46. The van der Waals surface area contributed by atoms with Gasteiger partial charge in [-0.15, -0.1) is 0 Å². The molecule has 2 heteroatoms. The first-order valence-corrected chi connectivity index (χ1v) is 7.57. The summed E-state index contributed by atoms with van der Waals surface area (Å²) < 4.78 is 0. The predicted octanol–water partition coefficient (Wildman–Crippen LogP) is 4.53. The summed E-state index contributed by atoms with van der Waals surface area (Å²) in [5, 5.41) is 9.56. The standard InChI is InChI=1S/C19H20O2/c1-3-6-16(19(20)21)14-9-5-10-15-17(14)11-13-8-4-7-12(2)18(13)15/h4-5,7-10,16H,3,6,11H2,1-2H3,(H,20,21). The van der Waals surface area contributed by atoms with E-state index in [0.717, 1.165) is 18.4 Å². The first-order valence-electron chi connectivity index (χ1n) is 7.57. The SMILES string of the molecule is CCCC(C(=O)O)c1cccc2c1Cc1cccc(C)c1-2. The van der Waals surface area contributed by atoms with Crippen molar-refractivity contribution in [3.63, 3.8) is 0 Å². The van der Waals surface area contributed by atoms with E-state index in [-0.39, 0.29) is 5.92 Å². The lowest BCUT2D eigenvalue weighted by Crippen LogP contribution is -2.13. The fourth-order valence-electron chi connectivity index (χ4n) is 3.52. The maximum absolute atomic E-state index is 11.6. The van der Waals surface area contributed by atoms with E-state index in [1.54, 1.807) is 0 Å². The van der Waals surface area contributed by atoms with Gasteiger partial charge in [0.2, 0.25) is 0 Å². The van der Waals surface area contributed by atoms with Gasteiger partial charge in [-0.1, -0.05) is 49.7 Å². The fraction of sp³-hybridized carbons (Fsp3) is 0.316. The molecule has 0 aromatic heterocycles. The Morgan fingerprint density at radius 2 is 2.00 bits per heavy atom. The number of benzene rings is 2. The molecular formula is C19H20O2. The minimum absolute atomic E-state index is 0.389. The Kier molecular flexibility index (Phi) is 3.54. The Balaban J connectivity index is 2.15. The van der Waals surface area contributed by atoms with Gasteiger partial charge in [0.15, 0.2) is 0 Å². The number of hydrogen-bond donors (Lipinski definition) is 1. The highest BCUT2D eigenvalue weighted by molar-refractivity contribution is 5.84. The summed E-state index contributed by atoms with van der Waals surface area (Å²) in [4.78, 5) is 11.6. The number of aliphatic carboxylic acids is 1. The zero-order chi connectivity index (χ0) is 15.0. The van der Waals surface area contributed by atoms with Crippen LogP contribution in [0.25, 0.3) is 11.1 Å². The second-order valence-corrected chi connectivity index (χ2v) is 5.84. The molecule has 2 aromatic rings. The largest absolute Gasteiger partial charge is 0.481 e. The number of carbonyl (C=O) groups is 1. The van der Waals surface area contributed by atoms with Crippen molar-refractivity contribution in [1.29, 1.82) is 0 Å². The topological polar surface area (TPSA) is 37.3 Å². The molecule has 1 aliphatic rings. The lowest BCUT2D eigenvalue weighted by Gasteiger charge is -2.16. The number of carboxylic acids is 1. The minimum Gasteiger partial charge on any atom is -0.481 e. The Morgan fingerprint density at radius 3 is 2.71 bits per heavy atom. The van der Waals surface area contributed by atoms with Crippen LogP contribution in [0.3, 0.4) is 0 Å². The molecular weight excluding hydrogens is 260 g/mol. The van der Waals surface area contributed by atoms with Crippen LogP contribution in [0, 0.1) is 6.92 Å². The minimum atomic E-state index is -0.710. The van der Waals surface area contributed by atoms with Crippen LogP contribution in [0.1, 0.15) is 47.9 Å². The van der Waals surface area contributed by atoms with Crippen LogP contribution in [0.15, 0.2) is 36.4 Å². The van der Waals surface area contributed by atoms with E-state index in [1.807, 2.05) is 19.1 Å². The monoisotopic (exact) mass is 280 g/mol. The third kappa shape index (κ3) is 2.25. The Hall–Kier alpha value is -2.09. The van der Waals surface area contributed by atoms with Crippen molar-refractivity contribution < 1.29 is 9.90 Å². The third-order valence-electron chi connectivity index (χ3n) is 4.46. The van der Waals surface area contributed by atoms with Crippen LogP contribution < -0.4 is 0 Å². The van der Waals surface area contributed by atoms with Crippen LogP contribution in [0.5, 0.6) is 0 Å².